The summed E-state index contributed by atoms with van der Waals surface area (Å²) in [5.41, 5.74) is 5.63. The van der Waals surface area contributed by atoms with Crippen molar-refractivity contribution in [2.24, 2.45) is 0 Å². The van der Waals surface area contributed by atoms with Crippen LogP contribution in [-0.2, 0) is 0 Å². The number of halogens is 2. The summed E-state index contributed by atoms with van der Waals surface area (Å²) in [5.74, 6) is -0.336. The maximum Gasteiger partial charge on any atom is 0.276 e. The van der Waals surface area contributed by atoms with Crippen molar-refractivity contribution in [2.75, 3.05) is 11.1 Å². The molecule has 0 aliphatic rings. The first-order valence-electron chi connectivity index (χ1n) is 5.10. The van der Waals surface area contributed by atoms with E-state index in [0.29, 0.717) is 5.69 Å². The van der Waals surface area contributed by atoms with Crippen molar-refractivity contribution >= 4 is 34.6 Å². The lowest BCUT2D eigenvalue weighted by molar-refractivity contribution is -0.384. The lowest BCUT2D eigenvalue weighted by Gasteiger charge is -2.08. The predicted octanol–water partition coefficient (Wildman–Crippen LogP) is 3.11. The Morgan fingerprint density at radius 1 is 1.37 bits per heavy atom. The molecular weight excluding hydrogens is 275 g/mol. The molecule has 6 nitrogen and oxygen atoms in total. The second-order valence-corrected chi connectivity index (χ2v) is 4.05. The molecule has 0 atom stereocenters. The number of pyridine rings is 1. The van der Waals surface area contributed by atoms with Crippen LogP contribution in [0.3, 0.4) is 0 Å². The number of nitrogens with zero attached hydrogens (tertiary/aromatic N) is 2. The average molecular weight is 283 g/mol. The number of hydrogen-bond donors (Lipinski definition) is 2. The third-order valence-corrected chi connectivity index (χ3v) is 2.55. The molecule has 0 radical (unpaired) electrons. The molecule has 2 rings (SSSR count). The number of nitrogen functional groups attached to an aromatic ring is 1. The number of benzene rings is 1. The minimum Gasteiger partial charge on any atom is -0.383 e. The quantitative estimate of drug-likeness (QED) is 0.666. The molecule has 98 valence electrons. The molecule has 1 heterocycles. The van der Waals surface area contributed by atoms with Crippen LogP contribution in [-0.4, -0.2) is 9.91 Å². The molecule has 0 bridgehead atoms. The van der Waals surface area contributed by atoms with E-state index in [1.807, 2.05) is 0 Å². The van der Waals surface area contributed by atoms with Gasteiger partial charge >= 0.3 is 0 Å². The first-order valence-corrected chi connectivity index (χ1v) is 5.47. The zero-order valence-corrected chi connectivity index (χ0v) is 10.2. The van der Waals surface area contributed by atoms with Crippen LogP contribution in [0.2, 0.25) is 5.02 Å². The zero-order chi connectivity index (χ0) is 14.0. The Hall–Kier alpha value is -2.41. The number of anilines is 3. The molecule has 0 aliphatic heterocycles. The third-order valence-electron chi connectivity index (χ3n) is 2.23. The van der Waals surface area contributed by atoms with E-state index in [-0.39, 0.29) is 22.3 Å². The molecule has 0 saturated carbocycles. The Bertz CT molecular complexity index is 651. The molecular formula is C11H8ClFN4O2. The monoisotopic (exact) mass is 282 g/mol. The lowest BCUT2D eigenvalue weighted by atomic mass is 10.3. The second kappa shape index (κ2) is 5.07. The van der Waals surface area contributed by atoms with Gasteiger partial charge in [-0.1, -0.05) is 11.6 Å². The van der Waals surface area contributed by atoms with Gasteiger partial charge in [0.2, 0.25) is 0 Å². The molecule has 3 N–H and O–H groups in total. The van der Waals surface area contributed by atoms with Crippen LogP contribution < -0.4 is 11.1 Å². The van der Waals surface area contributed by atoms with Gasteiger partial charge in [0.25, 0.3) is 5.69 Å². The Balaban J connectivity index is 2.35. The number of nitro groups is 1. The molecule has 0 aliphatic carbocycles. The molecule has 0 saturated heterocycles. The summed E-state index contributed by atoms with van der Waals surface area (Å²) in [6.07, 6.45) is 0. The van der Waals surface area contributed by atoms with Crippen LogP contribution in [0.1, 0.15) is 0 Å². The molecule has 0 amide bonds. The van der Waals surface area contributed by atoms with Crippen LogP contribution in [0.4, 0.5) is 27.4 Å². The predicted molar refractivity (Wildman–Crippen MR) is 70.0 cm³/mol. The van der Waals surface area contributed by atoms with Gasteiger partial charge in [-0.15, -0.1) is 0 Å². The fraction of sp³-hybridized carbons (Fsp3) is 0. The third kappa shape index (κ3) is 3.08. The second-order valence-electron chi connectivity index (χ2n) is 3.64. The van der Waals surface area contributed by atoms with E-state index in [1.54, 1.807) is 0 Å². The molecule has 0 spiro atoms. The van der Waals surface area contributed by atoms with E-state index in [1.165, 1.54) is 18.2 Å². The van der Waals surface area contributed by atoms with Gasteiger partial charge in [0.15, 0.2) is 0 Å². The molecule has 2 aromatic rings. The molecule has 0 fully saturated rings. The normalized spacial score (nSPS) is 10.2. The van der Waals surface area contributed by atoms with Crippen molar-refractivity contribution in [1.82, 2.24) is 4.98 Å². The molecule has 1 aromatic carbocycles. The Morgan fingerprint density at radius 3 is 2.74 bits per heavy atom. The zero-order valence-electron chi connectivity index (χ0n) is 9.43. The number of nitrogens with one attached hydrogen (secondary N) is 1. The number of nitrogens with two attached hydrogens (primary N) is 1. The summed E-state index contributed by atoms with van der Waals surface area (Å²) < 4.78 is 12.9. The fourth-order valence-corrected chi connectivity index (χ4v) is 1.65. The molecule has 8 heteroatoms. The standard InChI is InChI=1S/C11H8ClFN4O2/c12-8-3-6(13)1-2-9(8)15-11-5-7(17(18)19)4-10(14)16-11/h1-5H,(H3,14,15,16). The molecule has 1 aromatic heterocycles. The Morgan fingerprint density at radius 2 is 2.11 bits per heavy atom. The maximum atomic E-state index is 12.9. The van der Waals surface area contributed by atoms with Crippen molar-refractivity contribution in [1.29, 1.82) is 0 Å². The maximum absolute atomic E-state index is 12.9. The Kier molecular flexibility index (Phi) is 3.48. The summed E-state index contributed by atoms with van der Waals surface area (Å²) in [4.78, 5) is 14.0. The largest absolute Gasteiger partial charge is 0.383 e. The SMILES string of the molecule is Nc1cc([N+](=O)[O-])cc(Nc2ccc(F)cc2Cl)n1. The van der Waals surface area contributed by atoms with Crippen LogP contribution in [0.25, 0.3) is 0 Å². The van der Waals surface area contributed by atoms with Crippen molar-refractivity contribution in [3.63, 3.8) is 0 Å². The van der Waals surface area contributed by atoms with Gasteiger partial charge in [0, 0.05) is 0 Å². The highest BCUT2D eigenvalue weighted by atomic mass is 35.5. The van der Waals surface area contributed by atoms with E-state index in [2.05, 4.69) is 10.3 Å². The summed E-state index contributed by atoms with van der Waals surface area (Å²) in [6.45, 7) is 0. The van der Waals surface area contributed by atoms with E-state index in [9.17, 15) is 14.5 Å². The topological polar surface area (TPSA) is 94.1 Å². The number of aromatic nitrogens is 1. The number of rotatable bonds is 3. The first-order chi connectivity index (χ1) is 8.95. The molecule has 0 unspecified atom stereocenters. The van der Waals surface area contributed by atoms with E-state index < -0.39 is 10.7 Å². The van der Waals surface area contributed by atoms with Gasteiger partial charge in [-0.2, -0.15) is 0 Å². The summed E-state index contributed by atoms with van der Waals surface area (Å²) in [6, 6.07) is 6.06. The van der Waals surface area contributed by atoms with Gasteiger partial charge in [-0.05, 0) is 18.2 Å². The van der Waals surface area contributed by atoms with E-state index >= 15 is 0 Å². The average Bonchev–Trinajstić information content (AvgIpc) is 2.32. The lowest BCUT2D eigenvalue weighted by Crippen LogP contribution is -2.00. The summed E-state index contributed by atoms with van der Waals surface area (Å²) in [7, 11) is 0. The number of hydrogen-bond acceptors (Lipinski definition) is 5. The van der Waals surface area contributed by atoms with Gasteiger partial charge in [-0.25, -0.2) is 9.37 Å². The van der Waals surface area contributed by atoms with Gasteiger partial charge in [-0.3, -0.25) is 10.1 Å². The van der Waals surface area contributed by atoms with Crippen molar-refractivity contribution < 1.29 is 9.31 Å². The van der Waals surface area contributed by atoms with Crippen LogP contribution in [0.15, 0.2) is 30.3 Å². The van der Waals surface area contributed by atoms with Crippen LogP contribution >= 0.6 is 11.6 Å². The van der Waals surface area contributed by atoms with Crippen molar-refractivity contribution in [3.05, 3.63) is 51.3 Å². The highest BCUT2D eigenvalue weighted by Crippen LogP contribution is 2.27. The minimum absolute atomic E-state index is 0.00469. The van der Waals surface area contributed by atoms with Crippen molar-refractivity contribution in [3.8, 4) is 0 Å². The highest BCUT2D eigenvalue weighted by Gasteiger charge is 2.11. The fourth-order valence-electron chi connectivity index (χ4n) is 1.44. The van der Waals surface area contributed by atoms with Crippen LogP contribution in [0, 0.1) is 15.9 Å². The summed E-state index contributed by atoms with van der Waals surface area (Å²) in [5, 5.41) is 13.6. The first kappa shape index (κ1) is 13.0. The smallest absolute Gasteiger partial charge is 0.276 e. The van der Waals surface area contributed by atoms with E-state index in [0.717, 1.165) is 12.1 Å². The summed E-state index contributed by atoms with van der Waals surface area (Å²) >= 11 is 5.83. The van der Waals surface area contributed by atoms with Gasteiger partial charge in [0.1, 0.15) is 17.5 Å². The van der Waals surface area contributed by atoms with Crippen LogP contribution in [0.5, 0.6) is 0 Å². The minimum atomic E-state index is -0.588. The van der Waals surface area contributed by atoms with Gasteiger partial charge in [0.05, 0.1) is 27.8 Å². The van der Waals surface area contributed by atoms with Gasteiger partial charge < -0.3 is 11.1 Å². The van der Waals surface area contributed by atoms with E-state index in [4.69, 9.17) is 17.3 Å². The van der Waals surface area contributed by atoms with Crippen molar-refractivity contribution in [2.45, 2.75) is 0 Å². The highest BCUT2D eigenvalue weighted by molar-refractivity contribution is 6.33. The Labute approximate surface area is 112 Å². The molecule has 19 heavy (non-hydrogen) atoms.